The van der Waals surface area contributed by atoms with Crippen molar-refractivity contribution in [2.45, 2.75) is 59.0 Å². The highest BCUT2D eigenvalue weighted by atomic mass is 16.5. The van der Waals surface area contributed by atoms with Crippen molar-refractivity contribution < 1.29 is 9.53 Å². The number of carbonyl (C=O) groups excluding carboxylic acids is 1. The maximum absolute atomic E-state index is 11.9. The van der Waals surface area contributed by atoms with Gasteiger partial charge in [0.1, 0.15) is 0 Å². The minimum atomic E-state index is -0.121. The molecule has 0 N–H and O–H groups in total. The quantitative estimate of drug-likeness (QED) is 0.568. The summed E-state index contributed by atoms with van der Waals surface area (Å²) in [5.41, 5.74) is 0.825. The predicted octanol–water partition coefficient (Wildman–Crippen LogP) is 3.96. The van der Waals surface area contributed by atoms with Crippen molar-refractivity contribution in [3.05, 3.63) is 11.6 Å². The van der Waals surface area contributed by atoms with Crippen molar-refractivity contribution in [1.82, 2.24) is 0 Å². The maximum Gasteiger partial charge on any atom is 0.333 e. The first-order chi connectivity index (χ1) is 9.02. The van der Waals surface area contributed by atoms with E-state index >= 15 is 0 Å². The van der Waals surface area contributed by atoms with E-state index in [4.69, 9.17) is 4.74 Å². The van der Waals surface area contributed by atoms with Gasteiger partial charge >= 0.3 is 5.97 Å². The Balaban J connectivity index is 1.71. The minimum Gasteiger partial charge on any atom is -0.460 e. The standard InChI is InChI=1S/C17H26O2/c1-10(2)19-17(18)11(3)4-16-14-6-12-5-13(8-14)9-15(16)7-12/h4,10,12-16H,5-9H2,1-3H3/b11-4+. The lowest BCUT2D eigenvalue weighted by atomic mass is 9.52. The van der Waals surface area contributed by atoms with Crippen LogP contribution in [0, 0.1) is 29.6 Å². The third kappa shape index (κ3) is 2.59. The molecule has 0 atom stereocenters. The SMILES string of the molecule is C/C(=C\C1C2CC3CC(C2)CC1C3)C(=O)OC(C)C. The Morgan fingerprint density at radius 3 is 2.05 bits per heavy atom. The Morgan fingerprint density at radius 1 is 1.05 bits per heavy atom. The van der Waals surface area contributed by atoms with E-state index < -0.39 is 0 Å². The summed E-state index contributed by atoms with van der Waals surface area (Å²) in [7, 11) is 0. The number of esters is 1. The molecule has 0 aromatic rings. The number of hydrogen-bond acceptors (Lipinski definition) is 2. The molecule has 2 nitrogen and oxygen atoms in total. The van der Waals surface area contributed by atoms with E-state index in [-0.39, 0.29) is 12.1 Å². The summed E-state index contributed by atoms with van der Waals surface area (Å²) < 4.78 is 5.30. The van der Waals surface area contributed by atoms with Crippen LogP contribution in [0.3, 0.4) is 0 Å². The second-order valence-corrected chi connectivity index (χ2v) is 7.31. The van der Waals surface area contributed by atoms with Gasteiger partial charge in [-0.15, -0.1) is 0 Å². The Hall–Kier alpha value is -0.790. The van der Waals surface area contributed by atoms with Gasteiger partial charge in [-0.1, -0.05) is 6.08 Å². The van der Waals surface area contributed by atoms with Crippen LogP contribution in [-0.4, -0.2) is 12.1 Å². The second kappa shape index (κ2) is 4.96. The monoisotopic (exact) mass is 262 g/mol. The predicted molar refractivity (Wildman–Crippen MR) is 75.5 cm³/mol. The molecule has 0 spiro atoms. The molecule has 4 aliphatic carbocycles. The smallest absolute Gasteiger partial charge is 0.333 e. The molecule has 4 rings (SSSR count). The first kappa shape index (κ1) is 13.2. The molecule has 0 heterocycles. The van der Waals surface area contributed by atoms with Gasteiger partial charge in [-0.2, -0.15) is 0 Å². The molecular weight excluding hydrogens is 236 g/mol. The van der Waals surface area contributed by atoms with E-state index in [1.165, 1.54) is 32.1 Å². The van der Waals surface area contributed by atoms with Gasteiger partial charge in [-0.3, -0.25) is 0 Å². The van der Waals surface area contributed by atoms with Crippen LogP contribution in [0.2, 0.25) is 0 Å². The lowest BCUT2D eigenvalue weighted by Gasteiger charge is -2.53. The Morgan fingerprint density at radius 2 is 1.58 bits per heavy atom. The molecule has 0 saturated heterocycles. The van der Waals surface area contributed by atoms with E-state index in [0.29, 0.717) is 5.92 Å². The van der Waals surface area contributed by atoms with Crippen LogP contribution in [0.4, 0.5) is 0 Å². The van der Waals surface area contributed by atoms with Gasteiger partial charge in [0.2, 0.25) is 0 Å². The van der Waals surface area contributed by atoms with Crippen LogP contribution in [0.15, 0.2) is 11.6 Å². The average molecular weight is 262 g/mol. The van der Waals surface area contributed by atoms with Crippen LogP contribution in [0.5, 0.6) is 0 Å². The van der Waals surface area contributed by atoms with Crippen molar-refractivity contribution in [1.29, 1.82) is 0 Å². The lowest BCUT2D eigenvalue weighted by Crippen LogP contribution is -2.44. The van der Waals surface area contributed by atoms with E-state index in [1.54, 1.807) is 0 Å². The molecule has 0 aromatic heterocycles. The fraction of sp³-hybridized carbons (Fsp3) is 0.824. The highest BCUT2D eigenvalue weighted by Gasteiger charge is 2.47. The summed E-state index contributed by atoms with van der Waals surface area (Å²) in [5.74, 6) is 4.21. The zero-order valence-electron chi connectivity index (χ0n) is 12.4. The third-order valence-corrected chi connectivity index (χ3v) is 5.41. The first-order valence-electron chi connectivity index (χ1n) is 7.92. The zero-order valence-corrected chi connectivity index (χ0v) is 12.4. The van der Waals surface area contributed by atoms with E-state index in [1.807, 2.05) is 20.8 Å². The summed E-state index contributed by atoms with van der Waals surface area (Å²) in [6.45, 7) is 5.75. The first-order valence-corrected chi connectivity index (χ1v) is 7.92. The van der Waals surface area contributed by atoms with Gasteiger partial charge in [-0.25, -0.2) is 4.79 Å². The Kier molecular flexibility index (Phi) is 3.44. The summed E-state index contributed by atoms with van der Waals surface area (Å²) in [6, 6.07) is 0. The van der Waals surface area contributed by atoms with Crippen LogP contribution < -0.4 is 0 Å². The number of allylic oxidation sites excluding steroid dienone is 1. The van der Waals surface area contributed by atoms with Gasteiger partial charge in [-0.05, 0) is 82.5 Å². The summed E-state index contributed by atoms with van der Waals surface area (Å²) >= 11 is 0. The zero-order chi connectivity index (χ0) is 13.6. The van der Waals surface area contributed by atoms with Gasteiger partial charge in [0.25, 0.3) is 0 Å². The highest BCUT2D eigenvalue weighted by molar-refractivity contribution is 5.87. The lowest BCUT2D eigenvalue weighted by molar-refractivity contribution is -0.142. The van der Waals surface area contributed by atoms with Crippen molar-refractivity contribution >= 4 is 5.97 Å². The molecule has 0 radical (unpaired) electrons. The highest BCUT2D eigenvalue weighted by Crippen LogP contribution is 2.57. The van der Waals surface area contributed by atoms with E-state index in [2.05, 4.69) is 6.08 Å². The van der Waals surface area contributed by atoms with Crippen molar-refractivity contribution in [3.63, 3.8) is 0 Å². The largest absolute Gasteiger partial charge is 0.460 e. The van der Waals surface area contributed by atoms with E-state index in [0.717, 1.165) is 29.2 Å². The van der Waals surface area contributed by atoms with E-state index in [9.17, 15) is 4.79 Å². The summed E-state index contributed by atoms with van der Waals surface area (Å²) in [5, 5.41) is 0. The summed E-state index contributed by atoms with van der Waals surface area (Å²) in [4.78, 5) is 11.9. The molecule has 2 heteroatoms. The molecule has 0 unspecified atom stereocenters. The fourth-order valence-electron chi connectivity index (χ4n) is 4.90. The van der Waals surface area contributed by atoms with Gasteiger partial charge in [0, 0.05) is 5.57 Å². The minimum absolute atomic E-state index is 0.0191. The summed E-state index contributed by atoms with van der Waals surface area (Å²) in [6.07, 6.45) is 9.33. The van der Waals surface area contributed by atoms with Crippen LogP contribution in [0.1, 0.15) is 52.9 Å². The fourth-order valence-corrected chi connectivity index (χ4v) is 4.90. The van der Waals surface area contributed by atoms with Gasteiger partial charge < -0.3 is 4.74 Å². The molecule has 0 aromatic carbocycles. The number of hydrogen-bond donors (Lipinski definition) is 0. The molecule has 4 saturated carbocycles. The van der Waals surface area contributed by atoms with Crippen LogP contribution in [-0.2, 0) is 9.53 Å². The molecule has 4 fully saturated rings. The van der Waals surface area contributed by atoms with Crippen LogP contribution in [0.25, 0.3) is 0 Å². The van der Waals surface area contributed by atoms with Crippen molar-refractivity contribution in [3.8, 4) is 0 Å². The number of ether oxygens (including phenoxy) is 1. The Labute approximate surface area is 116 Å². The molecule has 19 heavy (non-hydrogen) atoms. The number of rotatable bonds is 3. The molecule has 106 valence electrons. The van der Waals surface area contributed by atoms with Gasteiger partial charge in [0.15, 0.2) is 0 Å². The van der Waals surface area contributed by atoms with Crippen molar-refractivity contribution in [2.75, 3.05) is 0 Å². The molecule has 0 aliphatic heterocycles. The van der Waals surface area contributed by atoms with Gasteiger partial charge in [0.05, 0.1) is 6.10 Å². The normalized spacial score (nSPS) is 40.8. The van der Waals surface area contributed by atoms with Crippen LogP contribution >= 0.6 is 0 Å². The molecular formula is C17H26O2. The Bertz CT molecular complexity index is 366. The third-order valence-electron chi connectivity index (χ3n) is 5.41. The van der Waals surface area contributed by atoms with Crippen molar-refractivity contribution in [2.24, 2.45) is 29.6 Å². The molecule has 4 aliphatic rings. The molecule has 4 bridgehead atoms. The molecule has 0 amide bonds. The average Bonchev–Trinajstić information content (AvgIpc) is 2.31. The topological polar surface area (TPSA) is 26.3 Å². The maximum atomic E-state index is 11.9. The second-order valence-electron chi connectivity index (χ2n) is 7.31. The number of carbonyl (C=O) groups is 1.